The zero-order valence-electron chi connectivity index (χ0n) is 18.2. The van der Waals surface area contributed by atoms with E-state index in [1.165, 1.54) is 12.1 Å². The Kier molecular flexibility index (Phi) is 6.06. The highest BCUT2D eigenvalue weighted by Gasteiger charge is 2.30. The Morgan fingerprint density at radius 1 is 1.06 bits per heavy atom. The van der Waals surface area contributed by atoms with Gasteiger partial charge in [0.15, 0.2) is 22.0 Å². The van der Waals surface area contributed by atoms with Crippen molar-refractivity contribution in [3.63, 3.8) is 0 Å². The molecule has 34 heavy (non-hydrogen) atoms. The Hall–Kier alpha value is -2.76. The molecule has 0 spiro atoms. The lowest BCUT2D eigenvalue weighted by Crippen LogP contribution is -2.17. The molecule has 1 fully saturated rings. The number of ether oxygens (including phenoxy) is 1. The predicted molar refractivity (Wildman–Crippen MR) is 128 cm³/mol. The van der Waals surface area contributed by atoms with Gasteiger partial charge in [0.1, 0.15) is 5.82 Å². The van der Waals surface area contributed by atoms with Gasteiger partial charge in [-0.25, -0.2) is 4.39 Å². The summed E-state index contributed by atoms with van der Waals surface area (Å²) in [6, 6.07) is 10.5. The number of halogens is 1. The van der Waals surface area contributed by atoms with E-state index in [4.69, 9.17) is 4.74 Å². The summed E-state index contributed by atoms with van der Waals surface area (Å²) in [6.45, 7) is 1.47. The van der Waals surface area contributed by atoms with Crippen molar-refractivity contribution in [2.75, 3.05) is 18.1 Å². The molecule has 174 valence electrons. The van der Waals surface area contributed by atoms with Crippen LogP contribution in [-0.2, 0) is 11.3 Å². The summed E-state index contributed by atoms with van der Waals surface area (Å²) >= 11 is 3.39. The fraction of sp³-hybridized carbons (Fsp3) is 0.348. The minimum atomic E-state index is -0.267. The molecule has 5 heterocycles. The lowest BCUT2D eigenvalue weighted by molar-refractivity contribution is 0.0953. The third kappa shape index (κ3) is 4.23. The maximum Gasteiger partial charge on any atom is 0.191 e. The number of hydrogen-bond donors (Lipinski definition) is 0. The molecule has 3 aromatic heterocycles. The van der Waals surface area contributed by atoms with Crippen molar-refractivity contribution in [3.8, 4) is 22.8 Å². The van der Waals surface area contributed by atoms with Crippen molar-refractivity contribution in [3.05, 3.63) is 54.6 Å². The highest BCUT2D eigenvalue weighted by molar-refractivity contribution is 8.00. The topological polar surface area (TPSA) is 83.5 Å². The molecule has 2 unspecified atom stereocenters. The van der Waals surface area contributed by atoms with E-state index in [2.05, 4.69) is 34.5 Å². The van der Waals surface area contributed by atoms with Gasteiger partial charge in [-0.15, -0.1) is 20.4 Å². The first kappa shape index (κ1) is 21.8. The lowest BCUT2D eigenvalue weighted by Gasteiger charge is -2.17. The summed E-state index contributed by atoms with van der Waals surface area (Å²) in [5.41, 5.74) is 1.80. The van der Waals surface area contributed by atoms with E-state index >= 15 is 0 Å². The van der Waals surface area contributed by atoms with Crippen LogP contribution in [0.3, 0.4) is 0 Å². The average Bonchev–Trinajstić information content (AvgIpc) is 3.66. The quantitative estimate of drug-likeness (QED) is 0.350. The summed E-state index contributed by atoms with van der Waals surface area (Å²) in [7, 11) is 0. The molecular formula is C23H22FN7OS2. The second-order valence-electron chi connectivity index (χ2n) is 8.25. The molecule has 0 amide bonds. The number of aromatic nitrogens is 7. The van der Waals surface area contributed by atoms with Crippen LogP contribution in [0.4, 0.5) is 4.39 Å². The lowest BCUT2D eigenvalue weighted by atomic mass is 10.2. The molecule has 0 N–H and O–H groups in total. The van der Waals surface area contributed by atoms with Crippen LogP contribution in [0.1, 0.15) is 18.9 Å². The Labute approximate surface area is 204 Å². The van der Waals surface area contributed by atoms with Gasteiger partial charge in [0, 0.05) is 41.6 Å². The Bertz CT molecular complexity index is 1270. The molecular weight excluding hydrogens is 473 g/mol. The molecule has 8 nitrogen and oxygen atoms in total. The SMILES string of the molecule is Fc1ccc(-c2nnc(SCC3CSc4nnc(-c5cccnc5)n43)n2CC2CCCO2)cc1. The van der Waals surface area contributed by atoms with Crippen LogP contribution >= 0.6 is 23.5 Å². The van der Waals surface area contributed by atoms with Crippen molar-refractivity contribution in [2.24, 2.45) is 0 Å². The van der Waals surface area contributed by atoms with Crippen LogP contribution in [0, 0.1) is 5.82 Å². The van der Waals surface area contributed by atoms with Gasteiger partial charge < -0.3 is 4.74 Å². The third-order valence-electron chi connectivity index (χ3n) is 5.99. The van der Waals surface area contributed by atoms with Crippen molar-refractivity contribution in [2.45, 2.75) is 41.8 Å². The van der Waals surface area contributed by atoms with Gasteiger partial charge in [0.2, 0.25) is 0 Å². The molecule has 2 aliphatic heterocycles. The highest BCUT2D eigenvalue weighted by atomic mass is 32.2. The van der Waals surface area contributed by atoms with Gasteiger partial charge in [-0.2, -0.15) is 0 Å². The second kappa shape index (κ2) is 9.47. The summed E-state index contributed by atoms with van der Waals surface area (Å²) in [6.07, 6.45) is 5.79. The molecule has 1 saturated heterocycles. The van der Waals surface area contributed by atoms with E-state index in [0.29, 0.717) is 6.54 Å². The molecule has 4 aromatic rings. The standard InChI is InChI=1S/C23H22FN7OS2/c24-17-7-5-15(6-8-17)20-26-28-22(30(20)12-19-4-2-10-32-19)33-13-18-14-34-23-29-27-21(31(18)23)16-3-1-9-25-11-16/h1,3,5-9,11,18-19H,2,4,10,12-14H2. The van der Waals surface area contributed by atoms with Crippen LogP contribution in [0.15, 0.2) is 59.1 Å². The molecule has 11 heteroatoms. The summed E-state index contributed by atoms with van der Waals surface area (Å²) < 4.78 is 23.7. The smallest absolute Gasteiger partial charge is 0.191 e. The van der Waals surface area contributed by atoms with Gasteiger partial charge in [0.05, 0.1) is 18.7 Å². The van der Waals surface area contributed by atoms with E-state index in [0.717, 1.165) is 64.0 Å². The van der Waals surface area contributed by atoms with Crippen LogP contribution in [0.2, 0.25) is 0 Å². The number of hydrogen-bond acceptors (Lipinski definition) is 8. The third-order valence-corrected chi connectivity index (χ3v) is 8.19. The minimum absolute atomic E-state index is 0.137. The maximum absolute atomic E-state index is 13.5. The molecule has 1 aromatic carbocycles. The summed E-state index contributed by atoms with van der Waals surface area (Å²) in [5, 5.41) is 19.5. The number of benzene rings is 1. The average molecular weight is 496 g/mol. The number of fused-ring (bicyclic) bond motifs is 1. The summed E-state index contributed by atoms with van der Waals surface area (Å²) in [4.78, 5) is 4.23. The van der Waals surface area contributed by atoms with Crippen molar-refractivity contribution in [1.29, 1.82) is 0 Å². The van der Waals surface area contributed by atoms with Gasteiger partial charge in [-0.05, 0) is 49.2 Å². The van der Waals surface area contributed by atoms with Crippen LogP contribution in [0.25, 0.3) is 22.8 Å². The van der Waals surface area contributed by atoms with Crippen molar-refractivity contribution < 1.29 is 9.13 Å². The van der Waals surface area contributed by atoms with Crippen LogP contribution in [-0.4, -0.2) is 58.7 Å². The van der Waals surface area contributed by atoms with Crippen LogP contribution in [0.5, 0.6) is 0 Å². The molecule has 0 radical (unpaired) electrons. The first-order chi connectivity index (χ1) is 16.8. The molecule has 0 saturated carbocycles. The van der Waals surface area contributed by atoms with Gasteiger partial charge in [-0.3, -0.25) is 14.1 Å². The molecule has 0 bridgehead atoms. The minimum Gasteiger partial charge on any atom is -0.376 e. The van der Waals surface area contributed by atoms with Crippen molar-refractivity contribution >= 4 is 23.5 Å². The van der Waals surface area contributed by atoms with E-state index in [1.807, 2.05) is 18.3 Å². The molecule has 6 rings (SSSR count). The Morgan fingerprint density at radius 3 is 2.74 bits per heavy atom. The zero-order chi connectivity index (χ0) is 22.9. The molecule has 2 atom stereocenters. The Morgan fingerprint density at radius 2 is 1.94 bits per heavy atom. The zero-order valence-corrected chi connectivity index (χ0v) is 19.9. The first-order valence-corrected chi connectivity index (χ1v) is 13.1. The summed E-state index contributed by atoms with van der Waals surface area (Å²) in [5.74, 6) is 3.04. The van der Waals surface area contributed by atoms with Gasteiger partial charge >= 0.3 is 0 Å². The van der Waals surface area contributed by atoms with E-state index in [1.54, 1.807) is 41.9 Å². The monoisotopic (exact) mass is 495 g/mol. The van der Waals surface area contributed by atoms with E-state index in [-0.39, 0.29) is 18.0 Å². The van der Waals surface area contributed by atoms with E-state index < -0.39 is 0 Å². The number of rotatable bonds is 7. The van der Waals surface area contributed by atoms with Crippen molar-refractivity contribution in [1.82, 2.24) is 34.5 Å². The highest BCUT2D eigenvalue weighted by Crippen LogP contribution is 2.39. The fourth-order valence-corrected chi connectivity index (χ4v) is 6.55. The second-order valence-corrected chi connectivity index (χ2v) is 10.2. The van der Waals surface area contributed by atoms with Gasteiger partial charge in [0.25, 0.3) is 0 Å². The molecule has 2 aliphatic rings. The number of nitrogens with zero attached hydrogens (tertiary/aromatic N) is 7. The number of thioether (sulfide) groups is 2. The molecule has 0 aliphatic carbocycles. The normalized spacial score (nSPS) is 19.6. The predicted octanol–water partition coefficient (Wildman–Crippen LogP) is 4.36. The Balaban J connectivity index is 1.26. The largest absolute Gasteiger partial charge is 0.376 e. The maximum atomic E-state index is 13.5. The van der Waals surface area contributed by atoms with Crippen LogP contribution < -0.4 is 0 Å². The van der Waals surface area contributed by atoms with E-state index in [9.17, 15) is 4.39 Å². The fourth-order valence-electron chi connectivity index (χ4n) is 4.30. The van der Waals surface area contributed by atoms with Gasteiger partial charge in [-0.1, -0.05) is 23.5 Å². The first-order valence-electron chi connectivity index (χ1n) is 11.2. The number of pyridine rings is 1.